The van der Waals surface area contributed by atoms with Gasteiger partial charge in [0.1, 0.15) is 6.20 Å². The first kappa shape index (κ1) is 15.0. The molecule has 0 atom stereocenters. The Morgan fingerprint density at radius 1 is 1.26 bits per heavy atom. The lowest BCUT2D eigenvalue weighted by Crippen LogP contribution is -2.17. The zero-order valence-electron chi connectivity index (χ0n) is 12.6. The first-order chi connectivity index (χ1) is 11.1. The van der Waals surface area contributed by atoms with Crippen LogP contribution in [-0.4, -0.2) is 28.0 Å². The second-order valence-corrected chi connectivity index (χ2v) is 5.44. The Kier molecular flexibility index (Phi) is 4.22. The predicted octanol–water partition coefficient (Wildman–Crippen LogP) is 2.18. The van der Waals surface area contributed by atoms with Crippen LogP contribution in [0.4, 0.5) is 23.1 Å². The van der Waals surface area contributed by atoms with Gasteiger partial charge in [-0.25, -0.2) is 4.98 Å². The maximum absolute atomic E-state index is 10.7. The molecule has 0 amide bonds. The van der Waals surface area contributed by atoms with Gasteiger partial charge in [0.05, 0.1) is 4.92 Å². The van der Waals surface area contributed by atoms with Crippen LogP contribution < -0.4 is 16.0 Å². The van der Waals surface area contributed by atoms with Crippen molar-refractivity contribution in [2.24, 2.45) is 0 Å². The van der Waals surface area contributed by atoms with Crippen molar-refractivity contribution >= 4 is 23.1 Å². The van der Waals surface area contributed by atoms with E-state index in [1.54, 1.807) is 0 Å². The number of nitrogen functional groups attached to an aromatic ring is 1. The standard InChI is InChI=1S/C15H18N6O2/c16-14-13(21(22)23)10-18-15(19-14)17-9-11-3-5-12(6-4-11)20-7-1-2-8-20/h3-6,10H,1-2,7-9H2,(H3,16,17,18,19). The smallest absolute Gasteiger partial charge is 0.329 e. The molecule has 0 spiro atoms. The number of hydrogen-bond donors (Lipinski definition) is 2. The number of benzene rings is 1. The molecular formula is C15H18N6O2. The van der Waals surface area contributed by atoms with Gasteiger partial charge in [-0.2, -0.15) is 4.98 Å². The van der Waals surface area contributed by atoms with Gasteiger partial charge >= 0.3 is 5.69 Å². The largest absolute Gasteiger partial charge is 0.378 e. The highest BCUT2D eigenvalue weighted by Crippen LogP contribution is 2.21. The summed E-state index contributed by atoms with van der Waals surface area (Å²) in [4.78, 5) is 20.2. The second kappa shape index (κ2) is 6.47. The zero-order chi connectivity index (χ0) is 16.2. The predicted molar refractivity (Wildman–Crippen MR) is 88.3 cm³/mol. The van der Waals surface area contributed by atoms with E-state index in [0.717, 1.165) is 24.8 Å². The Morgan fingerprint density at radius 2 is 1.96 bits per heavy atom. The Bertz CT molecular complexity index is 698. The van der Waals surface area contributed by atoms with Crippen molar-refractivity contribution in [2.75, 3.05) is 29.0 Å². The molecule has 3 N–H and O–H groups in total. The topological polar surface area (TPSA) is 110 Å². The molecule has 2 aromatic rings. The monoisotopic (exact) mass is 314 g/mol. The minimum atomic E-state index is -0.601. The molecule has 8 heteroatoms. The van der Waals surface area contributed by atoms with Crippen LogP contribution in [-0.2, 0) is 6.54 Å². The summed E-state index contributed by atoms with van der Waals surface area (Å²) in [5.74, 6) is 0.133. The van der Waals surface area contributed by atoms with Crippen molar-refractivity contribution in [3.05, 3.63) is 46.1 Å². The Morgan fingerprint density at radius 3 is 2.57 bits per heavy atom. The maximum Gasteiger partial charge on any atom is 0.329 e. The third kappa shape index (κ3) is 3.47. The van der Waals surface area contributed by atoms with Gasteiger partial charge in [-0.1, -0.05) is 12.1 Å². The van der Waals surface area contributed by atoms with Crippen LogP contribution in [0, 0.1) is 10.1 Å². The molecular weight excluding hydrogens is 296 g/mol. The lowest BCUT2D eigenvalue weighted by molar-refractivity contribution is -0.384. The van der Waals surface area contributed by atoms with Crippen LogP contribution in [0.1, 0.15) is 18.4 Å². The summed E-state index contributed by atoms with van der Waals surface area (Å²) in [5.41, 5.74) is 7.57. The average molecular weight is 314 g/mol. The molecule has 23 heavy (non-hydrogen) atoms. The number of rotatable bonds is 5. The van der Waals surface area contributed by atoms with Crippen LogP contribution in [0.15, 0.2) is 30.5 Å². The molecule has 1 aliphatic rings. The fourth-order valence-corrected chi connectivity index (χ4v) is 2.60. The van der Waals surface area contributed by atoms with E-state index in [4.69, 9.17) is 5.73 Å². The van der Waals surface area contributed by atoms with E-state index in [2.05, 4.69) is 44.5 Å². The Balaban J connectivity index is 1.61. The summed E-state index contributed by atoms with van der Waals surface area (Å²) in [6.45, 7) is 2.76. The third-order valence-corrected chi connectivity index (χ3v) is 3.85. The van der Waals surface area contributed by atoms with E-state index < -0.39 is 4.92 Å². The normalized spacial score (nSPS) is 14.0. The number of nitrogens with two attached hydrogens (primary N) is 1. The Labute approximate surface area is 133 Å². The summed E-state index contributed by atoms with van der Waals surface area (Å²) in [5, 5.41) is 13.7. The van der Waals surface area contributed by atoms with Crippen LogP contribution in [0.3, 0.4) is 0 Å². The van der Waals surface area contributed by atoms with Gasteiger partial charge in [-0.05, 0) is 30.5 Å². The van der Waals surface area contributed by atoms with E-state index >= 15 is 0 Å². The summed E-state index contributed by atoms with van der Waals surface area (Å²) < 4.78 is 0. The molecule has 1 aromatic heterocycles. The van der Waals surface area contributed by atoms with Crippen molar-refractivity contribution < 1.29 is 4.92 Å². The molecule has 1 fully saturated rings. The molecule has 1 aromatic carbocycles. The molecule has 120 valence electrons. The van der Waals surface area contributed by atoms with E-state index in [-0.39, 0.29) is 17.5 Å². The molecule has 3 rings (SSSR count). The van der Waals surface area contributed by atoms with Crippen LogP contribution in [0.5, 0.6) is 0 Å². The molecule has 0 bridgehead atoms. The average Bonchev–Trinajstić information content (AvgIpc) is 3.07. The number of nitrogens with zero attached hydrogens (tertiary/aromatic N) is 4. The first-order valence-electron chi connectivity index (χ1n) is 7.48. The van der Waals surface area contributed by atoms with Gasteiger partial charge in [0.15, 0.2) is 0 Å². The van der Waals surface area contributed by atoms with Crippen molar-refractivity contribution in [1.29, 1.82) is 0 Å². The Hall–Kier alpha value is -2.90. The molecule has 0 aliphatic carbocycles. The highest BCUT2D eigenvalue weighted by Gasteiger charge is 2.14. The molecule has 8 nitrogen and oxygen atoms in total. The maximum atomic E-state index is 10.7. The molecule has 0 saturated carbocycles. The third-order valence-electron chi connectivity index (χ3n) is 3.85. The van der Waals surface area contributed by atoms with E-state index in [9.17, 15) is 10.1 Å². The number of aromatic nitrogens is 2. The molecule has 0 radical (unpaired) electrons. The minimum absolute atomic E-state index is 0.142. The van der Waals surface area contributed by atoms with Gasteiger partial charge in [0, 0.05) is 25.3 Å². The van der Waals surface area contributed by atoms with Gasteiger partial charge in [-0.15, -0.1) is 0 Å². The van der Waals surface area contributed by atoms with Crippen LogP contribution >= 0.6 is 0 Å². The lowest BCUT2D eigenvalue weighted by Gasteiger charge is -2.17. The minimum Gasteiger partial charge on any atom is -0.378 e. The highest BCUT2D eigenvalue weighted by molar-refractivity contribution is 5.53. The fraction of sp³-hybridized carbons (Fsp3) is 0.333. The van der Waals surface area contributed by atoms with Crippen LogP contribution in [0.2, 0.25) is 0 Å². The second-order valence-electron chi connectivity index (χ2n) is 5.44. The van der Waals surface area contributed by atoms with E-state index in [0.29, 0.717) is 6.54 Å². The van der Waals surface area contributed by atoms with Crippen molar-refractivity contribution in [1.82, 2.24) is 9.97 Å². The number of anilines is 3. The quantitative estimate of drug-likeness (QED) is 0.642. The van der Waals surface area contributed by atoms with Gasteiger partial charge in [0.25, 0.3) is 0 Å². The SMILES string of the molecule is Nc1nc(NCc2ccc(N3CCCC3)cc2)ncc1[N+](=O)[O-]. The number of nitro groups is 1. The van der Waals surface area contributed by atoms with Crippen molar-refractivity contribution in [2.45, 2.75) is 19.4 Å². The zero-order valence-corrected chi connectivity index (χ0v) is 12.6. The summed E-state index contributed by atoms with van der Waals surface area (Å²) in [6, 6.07) is 8.31. The summed E-state index contributed by atoms with van der Waals surface area (Å²) >= 11 is 0. The number of hydrogen-bond acceptors (Lipinski definition) is 7. The lowest BCUT2D eigenvalue weighted by atomic mass is 10.2. The van der Waals surface area contributed by atoms with Gasteiger partial charge in [-0.3, -0.25) is 10.1 Å². The fourth-order valence-electron chi connectivity index (χ4n) is 2.60. The summed E-state index contributed by atoms with van der Waals surface area (Å²) in [6.07, 6.45) is 3.62. The molecule has 1 aliphatic heterocycles. The van der Waals surface area contributed by atoms with Crippen LogP contribution in [0.25, 0.3) is 0 Å². The molecule has 2 heterocycles. The first-order valence-corrected chi connectivity index (χ1v) is 7.48. The van der Waals surface area contributed by atoms with Crippen molar-refractivity contribution in [3.63, 3.8) is 0 Å². The van der Waals surface area contributed by atoms with E-state index in [1.165, 1.54) is 18.5 Å². The highest BCUT2D eigenvalue weighted by atomic mass is 16.6. The van der Waals surface area contributed by atoms with Gasteiger partial charge in [0.2, 0.25) is 11.8 Å². The molecule has 0 unspecified atom stereocenters. The van der Waals surface area contributed by atoms with Gasteiger partial charge < -0.3 is 16.0 Å². The molecule has 1 saturated heterocycles. The summed E-state index contributed by atoms with van der Waals surface area (Å²) in [7, 11) is 0. The van der Waals surface area contributed by atoms with E-state index in [1.807, 2.05) is 0 Å². The van der Waals surface area contributed by atoms with Crippen molar-refractivity contribution in [3.8, 4) is 0 Å². The number of nitrogens with one attached hydrogen (secondary N) is 1.